The lowest BCUT2D eigenvalue weighted by atomic mass is 10.1. The molecule has 0 saturated heterocycles. The Hall–Kier alpha value is -1.57. The Morgan fingerprint density at radius 2 is 1.46 bits per heavy atom. The van der Waals surface area contributed by atoms with E-state index in [1.807, 2.05) is 0 Å². The highest BCUT2D eigenvalue weighted by molar-refractivity contribution is 7.86. The van der Waals surface area contributed by atoms with Crippen molar-refractivity contribution in [1.82, 2.24) is 0 Å². The molecule has 0 amide bonds. The number of halogens is 9. The number of alkyl halides is 9. The van der Waals surface area contributed by atoms with E-state index in [0.717, 1.165) is 6.54 Å². The molecule has 4 nitrogen and oxygen atoms in total. The minimum absolute atomic E-state index is 1.06. The van der Waals surface area contributed by atoms with Gasteiger partial charge >= 0.3 is 23.3 Å². The van der Waals surface area contributed by atoms with Crippen LogP contribution >= 0.6 is 0 Å². The van der Waals surface area contributed by atoms with Gasteiger partial charge in [-0.3, -0.25) is 0 Å². The van der Waals surface area contributed by atoms with Gasteiger partial charge < -0.3 is 4.55 Å². The van der Waals surface area contributed by atoms with Gasteiger partial charge in [0.15, 0.2) is 22.5 Å². The molecule has 1 aromatic rings. The molecule has 0 fully saturated rings. The number of pyridine rings is 1. The molecule has 0 aliphatic carbocycles. The Bertz CT molecular complexity index is 717. The van der Waals surface area contributed by atoms with E-state index >= 15 is 0 Å². The predicted molar refractivity (Wildman–Crippen MR) is 67.6 cm³/mol. The van der Waals surface area contributed by atoms with Crippen LogP contribution in [0.15, 0.2) is 24.5 Å². The lowest BCUT2D eigenvalue weighted by Crippen LogP contribution is -2.63. The molecule has 0 unspecified atom stereocenters. The molecule has 152 valence electrons. The van der Waals surface area contributed by atoms with Crippen molar-refractivity contribution in [2.75, 3.05) is 0 Å². The SMILES string of the molecule is CC[n+]1cccc(C)c1.O=S(=O)([O-])C(F)(F)C(F)(F)C(F)(F)C(F)(F)F. The van der Waals surface area contributed by atoms with Gasteiger partial charge in [0.2, 0.25) is 0 Å². The Labute approximate surface area is 142 Å². The van der Waals surface area contributed by atoms with Gasteiger partial charge in [-0.1, -0.05) is 0 Å². The fourth-order valence-electron chi connectivity index (χ4n) is 1.37. The van der Waals surface area contributed by atoms with Crippen molar-refractivity contribution in [3.63, 3.8) is 0 Å². The summed E-state index contributed by atoms with van der Waals surface area (Å²) < 4.78 is 138. The summed E-state index contributed by atoms with van der Waals surface area (Å²) in [6.07, 6.45) is -2.95. The summed E-state index contributed by atoms with van der Waals surface area (Å²) in [6.45, 7) is 5.30. The Balaban J connectivity index is 0.000000577. The molecule has 0 radical (unpaired) electrons. The quantitative estimate of drug-likeness (QED) is 0.426. The summed E-state index contributed by atoms with van der Waals surface area (Å²) in [5.74, 6) is -14.8. The maximum Gasteiger partial charge on any atom is 0.460 e. The molecule has 0 aliphatic rings. The zero-order chi connectivity index (χ0) is 21.2. The van der Waals surface area contributed by atoms with Crippen LogP contribution in [0.3, 0.4) is 0 Å². The molecule has 0 N–H and O–H groups in total. The second kappa shape index (κ2) is 7.58. The molecule has 26 heavy (non-hydrogen) atoms. The molecule has 1 heterocycles. The van der Waals surface area contributed by atoms with Crippen molar-refractivity contribution in [3.8, 4) is 0 Å². The molecule has 0 aromatic carbocycles. The normalized spacial score (nSPS) is 13.8. The third-order valence-electron chi connectivity index (χ3n) is 2.80. The van der Waals surface area contributed by atoms with Crippen LogP contribution in [0.5, 0.6) is 0 Å². The van der Waals surface area contributed by atoms with Gasteiger partial charge in [-0.05, 0) is 19.9 Å². The summed E-state index contributed by atoms with van der Waals surface area (Å²) in [4.78, 5) is 0. The van der Waals surface area contributed by atoms with E-state index in [-0.39, 0.29) is 0 Å². The second-order valence-electron chi connectivity index (χ2n) is 4.83. The first kappa shape index (κ1) is 24.4. The smallest absolute Gasteiger partial charge is 0.460 e. The molecule has 14 heteroatoms. The van der Waals surface area contributed by atoms with Gasteiger partial charge in [0.25, 0.3) is 0 Å². The van der Waals surface area contributed by atoms with E-state index in [2.05, 4.69) is 42.9 Å². The molecular weight excluding hydrogens is 409 g/mol. The fraction of sp³-hybridized carbons (Fsp3) is 0.583. The van der Waals surface area contributed by atoms with Crippen LogP contribution < -0.4 is 4.57 Å². The van der Waals surface area contributed by atoms with Crippen LogP contribution in [0.2, 0.25) is 0 Å². The molecule has 0 aliphatic heterocycles. The van der Waals surface area contributed by atoms with Crippen LogP contribution in [0.1, 0.15) is 12.5 Å². The second-order valence-corrected chi connectivity index (χ2v) is 6.25. The summed E-state index contributed by atoms with van der Waals surface area (Å²) in [5, 5.41) is -7.11. The molecule has 0 saturated carbocycles. The number of hydrogen-bond acceptors (Lipinski definition) is 3. The zero-order valence-electron chi connectivity index (χ0n) is 13.0. The summed E-state index contributed by atoms with van der Waals surface area (Å²) in [5.41, 5.74) is 1.32. The van der Waals surface area contributed by atoms with Crippen molar-refractivity contribution in [2.45, 2.75) is 43.7 Å². The Morgan fingerprint density at radius 1 is 1.00 bits per heavy atom. The Kier molecular flexibility index (Phi) is 7.12. The molecule has 0 bridgehead atoms. The first-order chi connectivity index (χ1) is 11.3. The highest BCUT2D eigenvalue weighted by Gasteiger charge is 2.83. The van der Waals surface area contributed by atoms with Crippen molar-refractivity contribution < 1.29 is 57.1 Å². The average Bonchev–Trinajstić information content (AvgIpc) is 2.45. The van der Waals surface area contributed by atoms with Gasteiger partial charge in [-0.15, -0.1) is 0 Å². The zero-order valence-corrected chi connectivity index (χ0v) is 13.8. The average molecular weight is 421 g/mol. The number of aromatic nitrogens is 1. The highest BCUT2D eigenvalue weighted by atomic mass is 32.2. The number of hydrogen-bond donors (Lipinski definition) is 0. The van der Waals surface area contributed by atoms with Crippen LogP contribution in [-0.2, 0) is 16.7 Å². The van der Waals surface area contributed by atoms with Crippen LogP contribution in [0, 0.1) is 6.92 Å². The molecule has 1 rings (SSSR count). The van der Waals surface area contributed by atoms with E-state index in [9.17, 15) is 52.5 Å². The van der Waals surface area contributed by atoms with E-state index in [0.29, 0.717) is 0 Å². The van der Waals surface area contributed by atoms with Gasteiger partial charge in [-0.2, -0.15) is 39.5 Å². The van der Waals surface area contributed by atoms with Gasteiger partial charge in [0.05, 0.1) is 0 Å². The van der Waals surface area contributed by atoms with E-state index < -0.39 is 33.4 Å². The maximum absolute atomic E-state index is 12.2. The minimum atomic E-state index is -7.43. The van der Waals surface area contributed by atoms with Crippen LogP contribution in [0.4, 0.5) is 39.5 Å². The van der Waals surface area contributed by atoms with Crippen molar-refractivity contribution in [1.29, 1.82) is 0 Å². The fourth-order valence-corrected chi connectivity index (χ4v) is 1.81. The van der Waals surface area contributed by atoms with Crippen molar-refractivity contribution in [3.05, 3.63) is 30.1 Å². The van der Waals surface area contributed by atoms with Gasteiger partial charge in [0.1, 0.15) is 6.54 Å². The number of aryl methyl sites for hydroxylation is 2. The predicted octanol–water partition coefficient (Wildman–Crippen LogP) is 3.26. The highest BCUT2D eigenvalue weighted by Crippen LogP contribution is 2.54. The lowest BCUT2D eigenvalue weighted by Gasteiger charge is -2.34. The Morgan fingerprint density at radius 3 is 1.73 bits per heavy atom. The van der Waals surface area contributed by atoms with E-state index in [4.69, 9.17) is 0 Å². The number of nitrogens with zero attached hydrogens (tertiary/aromatic N) is 1. The molecule has 0 spiro atoms. The molecule has 0 atom stereocenters. The first-order valence-corrected chi connectivity index (χ1v) is 7.85. The first-order valence-electron chi connectivity index (χ1n) is 6.44. The van der Waals surface area contributed by atoms with E-state index in [1.54, 1.807) is 0 Å². The summed E-state index contributed by atoms with van der Waals surface area (Å²) in [6, 6.07) is 4.17. The third kappa shape index (κ3) is 4.78. The monoisotopic (exact) mass is 421 g/mol. The van der Waals surface area contributed by atoms with Gasteiger partial charge in [0, 0.05) is 11.6 Å². The summed E-state index contributed by atoms with van der Waals surface area (Å²) in [7, 11) is -7.42. The minimum Gasteiger partial charge on any atom is -0.743 e. The van der Waals surface area contributed by atoms with Crippen molar-refractivity contribution in [2.24, 2.45) is 0 Å². The molecule has 1 aromatic heterocycles. The standard InChI is InChI=1S/C8H12N.C4HF9O3S/c1-3-9-6-4-5-8(2)7-9;5-1(6,3(9,10)11)2(7,8)4(12,13)17(14,15)16/h4-7H,3H2,1-2H3;(H,14,15,16)/q+1;/p-1. The van der Waals surface area contributed by atoms with Crippen molar-refractivity contribution >= 4 is 10.1 Å². The van der Waals surface area contributed by atoms with E-state index in [1.165, 1.54) is 5.56 Å². The van der Waals surface area contributed by atoms with Gasteiger partial charge in [-0.25, -0.2) is 13.0 Å². The van der Waals surface area contributed by atoms with Crippen LogP contribution in [-0.4, -0.2) is 36.2 Å². The lowest BCUT2D eigenvalue weighted by molar-refractivity contribution is -0.693. The third-order valence-corrected chi connectivity index (χ3v) is 3.69. The topological polar surface area (TPSA) is 61.1 Å². The molecular formula is C12H12F9NO3S. The summed E-state index contributed by atoms with van der Waals surface area (Å²) >= 11 is 0. The van der Waals surface area contributed by atoms with Crippen LogP contribution in [0.25, 0.3) is 0 Å². The maximum atomic E-state index is 12.2. The largest absolute Gasteiger partial charge is 0.743 e. The number of rotatable bonds is 4.